The lowest BCUT2D eigenvalue weighted by atomic mass is 10.2. The number of carbonyl (C=O) groups is 1. The Hall–Kier alpha value is -2.83. The van der Waals surface area contributed by atoms with Crippen molar-refractivity contribution in [3.8, 4) is 5.75 Å². The van der Waals surface area contributed by atoms with Gasteiger partial charge in [-0.25, -0.2) is 9.59 Å². The van der Waals surface area contributed by atoms with Crippen LogP contribution in [-0.4, -0.2) is 20.2 Å². The monoisotopic (exact) mass is 290 g/mol. The summed E-state index contributed by atoms with van der Waals surface area (Å²) in [6.45, 7) is -0.212. The summed E-state index contributed by atoms with van der Waals surface area (Å²) in [5, 5.41) is 9.30. The first-order chi connectivity index (χ1) is 9.90. The first-order valence-corrected chi connectivity index (χ1v) is 6.12. The molecule has 1 aromatic carbocycles. The molecule has 21 heavy (non-hydrogen) atoms. The smallest absolute Gasteiger partial charge is 0.338 e. The first-order valence-electron chi connectivity index (χ1n) is 6.12. The van der Waals surface area contributed by atoms with Crippen LogP contribution in [0.15, 0.2) is 39.9 Å². The highest BCUT2D eigenvalue weighted by Gasteiger charge is 2.11. The van der Waals surface area contributed by atoms with Crippen molar-refractivity contribution in [2.45, 2.75) is 6.61 Å². The van der Waals surface area contributed by atoms with Crippen molar-refractivity contribution in [1.82, 2.24) is 9.13 Å². The van der Waals surface area contributed by atoms with Crippen LogP contribution in [0.1, 0.15) is 16.1 Å². The molecule has 0 aliphatic heterocycles. The minimum atomic E-state index is -0.654. The summed E-state index contributed by atoms with van der Waals surface area (Å²) in [7, 11) is 2.85. The van der Waals surface area contributed by atoms with Crippen LogP contribution in [0.2, 0.25) is 0 Å². The van der Waals surface area contributed by atoms with E-state index in [0.29, 0.717) is 0 Å². The molecule has 1 aromatic heterocycles. The summed E-state index contributed by atoms with van der Waals surface area (Å²) in [5.74, 6) is -0.704. The topological polar surface area (TPSA) is 90.5 Å². The number of esters is 1. The number of hydrogen-bond donors (Lipinski definition) is 1. The highest BCUT2D eigenvalue weighted by Crippen LogP contribution is 2.12. The number of nitrogens with zero attached hydrogens (tertiary/aromatic N) is 2. The Morgan fingerprint density at radius 1 is 1.19 bits per heavy atom. The molecule has 2 aromatic rings. The Morgan fingerprint density at radius 2 is 1.90 bits per heavy atom. The summed E-state index contributed by atoms with van der Waals surface area (Å²) >= 11 is 0. The van der Waals surface area contributed by atoms with E-state index in [4.69, 9.17) is 4.74 Å². The molecule has 0 spiro atoms. The summed E-state index contributed by atoms with van der Waals surface area (Å²) in [6, 6.07) is 6.94. The predicted octanol–water partition coefficient (Wildman–Crippen LogP) is 0.147. The average Bonchev–Trinajstić information content (AvgIpc) is 2.47. The number of phenolic OH excluding ortho intramolecular Hbond substituents is 1. The summed E-state index contributed by atoms with van der Waals surface area (Å²) in [4.78, 5) is 35.1. The molecule has 7 nitrogen and oxygen atoms in total. The van der Waals surface area contributed by atoms with E-state index in [9.17, 15) is 19.5 Å². The minimum absolute atomic E-state index is 0.0505. The number of aromatic hydroxyl groups is 1. The largest absolute Gasteiger partial charge is 0.508 e. The van der Waals surface area contributed by atoms with E-state index < -0.39 is 17.2 Å². The predicted molar refractivity (Wildman–Crippen MR) is 74.2 cm³/mol. The van der Waals surface area contributed by atoms with Crippen LogP contribution >= 0.6 is 0 Å². The fourth-order valence-electron chi connectivity index (χ4n) is 1.77. The standard InChI is InChI=1S/C14H14N2O5/c1-15-10(7-12(18)16(2)14(15)20)8-21-13(19)9-4-3-5-11(17)6-9/h3-7,17H,8H2,1-2H3. The van der Waals surface area contributed by atoms with Crippen LogP contribution in [0, 0.1) is 0 Å². The van der Waals surface area contributed by atoms with Crippen molar-refractivity contribution in [3.63, 3.8) is 0 Å². The van der Waals surface area contributed by atoms with Crippen molar-refractivity contribution in [3.05, 3.63) is 62.4 Å². The second-order valence-corrected chi connectivity index (χ2v) is 4.50. The maximum atomic E-state index is 11.8. The third-order valence-corrected chi connectivity index (χ3v) is 3.06. The van der Waals surface area contributed by atoms with Gasteiger partial charge in [0.25, 0.3) is 5.56 Å². The lowest BCUT2D eigenvalue weighted by Gasteiger charge is -2.10. The van der Waals surface area contributed by atoms with Crippen LogP contribution in [0.4, 0.5) is 0 Å². The number of aromatic nitrogens is 2. The van der Waals surface area contributed by atoms with E-state index >= 15 is 0 Å². The van der Waals surface area contributed by atoms with E-state index in [0.717, 1.165) is 4.57 Å². The Kier molecular flexibility index (Phi) is 3.93. The maximum absolute atomic E-state index is 11.8. The highest BCUT2D eigenvalue weighted by molar-refractivity contribution is 5.89. The third kappa shape index (κ3) is 3.02. The molecule has 0 saturated carbocycles. The molecule has 0 bridgehead atoms. The Balaban J connectivity index is 2.19. The van der Waals surface area contributed by atoms with Crippen LogP contribution in [-0.2, 0) is 25.4 Å². The number of benzene rings is 1. The van der Waals surface area contributed by atoms with Gasteiger partial charge in [0.05, 0.1) is 11.3 Å². The van der Waals surface area contributed by atoms with Crippen molar-refractivity contribution in [2.75, 3.05) is 0 Å². The molecule has 2 rings (SSSR count). The molecule has 0 saturated heterocycles. The average molecular weight is 290 g/mol. The Morgan fingerprint density at radius 3 is 2.57 bits per heavy atom. The minimum Gasteiger partial charge on any atom is -0.508 e. The van der Waals surface area contributed by atoms with Crippen LogP contribution in [0.3, 0.4) is 0 Å². The third-order valence-electron chi connectivity index (χ3n) is 3.06. The van der Waals surface area contributed by atoms with Crippen molar-refractivity contribution >= 4 is 5.97 Å². The number of ether oxygens (including phenoxy) is 1. The number of rotatable bonds is 3. The van der Waals surface area contributed by atoms with E-state index in [1.165, 1.54) is 49.0 Å². The van der Waals surface area contributed by atoms with E-state index in [-0.39, 0.29) is 23.6 Å². The Labute approximate surface area is 119 Å². The van der Waals surface area contributed by atoms with Gasteiger partial charge >= 0.3 is 11.7 Å². The lowest BCUT2D eigenvalue weighted by molar-refractivity contribution is 0.0462. The van der Waals surface area contributed by atoms with Crippen LogP contribution < -0.4 is 11.2 Å². The quantitative estimate of drug-likeness (QED) is 0.812. The zero-order chi connectivity index (χ0) is 15.6. The molecule has 0 aliphatic carbocycles. The fraction of sp³-hybridized carbons (Fsp3) is 0.214. The summed E-state index contributed by atoms with van der Waals surface area (Å²) in [5.41, 5.74) is -0.493. The van der Waals surface area contributed by atoms with Crippen molar-refractivity contribution < 1.29 is 14.6 Å². The molecule has 110 valence electrons. The van der Waals surface area contributed by atoms with Crippen LogP contribution in [0.5, 0.6) is 5.75 Å². The molecule has 0 amide bonds. The van der Waals surface area contributed by atoms with Crippen LogP contribution in [0.25, 0.3) is 0 Å². The van der Waals surface area contributed by atoms with E-state index in [1.54, 1.807) is 0 Å². The highest BCUT2D eigenvalue weighted by atomic mass is 16.5. The summed E-state index contributed by atoms with van der Waals surface area (Å²) in [6.07, 6.45) is 0. The lowest BCUT2D eigenvalue weighted by Crippen LogP contribution is -2.38. The molecule has 1 heterocycles. The zero-order valence-corrected chi connectivity index (χ0v) is 11.6. The number of carbonyl (C=O) groups excluding carboxylic acids is 1. The number of phenols is 1. The van der Waals surface area contributed by atoms with Crippen molar-refractivity contribution in [1.29, 1.82) is 0 Å². The second-order valence-electron chi connectivity index (χ2n) is 4.50. The Bertz CT molecular complexity index is 804. The molecule has 0 atom stereocenters. The van der Waals surface area contributed by atoms with Gasteiger partial charge in [0.15, 0.2) is 0 Å². The van der Waals surface area contributed by atoms with Gasteiger partial charge in [-0.15, -0.1) is 0 Å². The van der Waals surface area contributed by atoms with Gasteiger partial charge in [-0.1, -0.05) is 6.07 Å². The van der Waals surface area contributed by atoms with Gasteiger partial charge in [0.2, 0.25) is 0 Å². The van der Waals surface area contributed by atoms with Gasteiger partial charge in [-0.2, -0.15) is 0 Å². The molecular weight excluding hydrogens is 276 g/mol. The maximum Gasteiger partial charge on any atom is 0.338 e. The fourth-order valence-corrected chi connectivity index (χ4v) is 1.77. The van der Waals surface area contributed by atoms with Gasteiger partial charge in [0.1, 0.15) is 12.4 Å². The number of hydrogen-bond acceptors (Lipinski definition) is 5. The van der Waals surface area contributed by atoms with Gasteiger partial charge in [-0.05, 0) is 18.2 Å². The van der Waals surface area contributed by atoms with Gasteiger partial charge < -0.3 is 9.84 Å². The normalized spacial score (nSPS) is 10.4. The first kappa shape index (κ1) is 14.6. The summed E-state index contributed by atoms with van der Waals surface area (Å²) < 4.78 is 7.23. The molecule has 1 N–H and O–H groups in total. The molecule has 0 unspecified atom stereocenters. The SMILES string of the molecule is Cn1c(COC(=O)c2cccc(O)c2)cc(=O)n(C)c1=O. The molecular formula is C14H14N2O5. The van der Waals surface area contributed by atoms with Gasteiger partial charge in [-0.3, -0.25) is 13.9 Å². The second kappa shape index (κ2) is 5.66. The van der Waals surface area contributed by atoms with Crippen molar-refractivity contribution in [2.24, 2.45) is 14.1 Å². The molecule has 0 aliphatic rings. The molecule has 0 radical (unpaired) electrons. The van der Waals surface area contributed by atoms with E-state index in [2.05, 4.69) is 0 Å². The zero-order valence-electron chi connectivity index (χ0n) is 11.6. The molecule has 0 fully saturated rings. The van der Waals surface area contributed by atoms with Gasteiger partial charge in [0, 0.05) is 20.2 Å². The van der Waals surface area contributed by atoms with E-state index in [1.807, 2.05) is 0 Å². The molecule has 7 heteroatoms.